The van der Waals surface area contributed by atoms with Gasteiger partial charge in [-0.25, -0.2) is 21.8 Å². The molecule has 1 aromatic rings. The fraction of sp³-hybridized carbons (Fsp3) is 0.375. The van der Waals surface area contributed by atoms with E-state index in [0.717, 1.165) is 6.07 Å². The number of aromatic nitrogens is 1. The van der Waals surface area contributed by atoms with Crippen LogP contribution in [0.5, 0.6) is 0 Å². The van der Waals surface area contributed by atoms with Crippen LogP contribution in [0.3, 0.4) is 0 Å². The minimum Gasteiger partial charge on any atom is -0.227 e. The van der Waals surface area contributed by atoms with Crippen molar-refractivity contribution in [3.05, 3.63) is 12.1 Å². The Hall–Kier alpha value is 1.93. The molecule has 0 unspecified atom stereocenters. The molecule has 0 radical (unpaired) electrons. The zero-order valence-corrected chi connectivity index (χ0v) is 20.9. The molecule has 0 atom stereocenters. The van der Waals surface area contributed by atoms with Gasteiger partial charge < -0.3 is 0 Å². The highest BCUT2D eigenvalue weighted by Gasteiger charge is 2.44. The number of sulfone groups is 2. The molecule has 0 N–H and O–H groups in total. The highest BCUT2D eigenvalue weighted by Crippen LogP contribution is 2.42. The summed E-state index contributed by atoms with van der Waals surface area (Å²) in [6, 6.07) is 1.30. The van der Waals surface area contributed by atoms with Gasteiger partial charge in [-0.05, 0) is 12.1 Å². The second-order valence-electron chi connectivity index (χ2n) is 4.06. The zero-order valence-electron chi connectivity index (χ0n) is 11.7. The van der Waals surface area contributed by atoms with Gasteiger partial charge in [0.2, 0.25) is 19.7 Å². The number of alkyl halides is 9. The van der Waals surface area contributed by atoms with E-state index in [9.17, 15) is 16.8 Å². The molecule has 0 aliphatic carbocycles. The summed E-state index contributed by atoms with van der Waals surface area (Å²) in [5.41, 5.74) is 0. The summed E-state index contributed by atoms with van der Waals surface area (Å²) < 4.78 is 45.6. The Bertz CT molecular complexity index is 841. The van der Waals surface area contributed by atoms with Gasteiger partial charge in [-0.2, -0.15) is 9.22 Å². The first-order valence-electron chi connectivity index (χ1n) is 5.53. The van der Waals surface area contributed by atoms with Gasteiger partial charge in [0.15, 0.2) is 5.03 Å². The van der Waals surface area contributed by atoms with E-state index in [0.29, 0.717) is 6.07 Å². The maximum absolute atomic E-state index is 12.3. The Labute approximate surface area is 202 Å². The molecule has 0 saturated carbocycles. The van der Waals surface area contributed by atoms with Crippen LogP contribution in [0.15, 0.2) is 27.1 Å². The lowest BCUT2D eigenvalue weighted by Crippen LogP contribution is -2.23. The second-order valence-corrected chi connectivity index (χ2v) is 17.0. The van der Waals surface area contributed by atoms with Gasteiger partial charge in [0.05, 0.1) is 16.9 Å². The van der Waals surface area contributed by atoms with Gasteiger partial charge >= 0.3 is 3.98 Å². The van der Waals surface area contributed by atoms with Gasteiger partial charge in [-0.15, -0.1) is 0 Å². The first-order valence-corrected chi connectivity index (χ1v) is 12.6. The average molecular weight is 623 g/mol. The van der Waals surface area contributed by atoms with Crippen molar-refractivity contribution < 1.29 is 26.1 Å². The molecule has 7 nitrogen and oxygen atoms in total. The van der Waals surface area contributed by atoms with E-state index in [1.54, 1.807) is 0 Å². The van der Waals surface area contributed by atoms with Crippen LogP contribution in [0.4, 0.5) is 0 Å². The van der Waals surface area contributed by atoms with E-state index in [1.165, 1.54) is 0 Å². The van der Waals surface area contributed by atoms with Crippen LogP contribution in [0.1, 0.15) is 0 Å². The molecule has 19 heteroatoms. The highest BCUT2D eigenvalue weighted by molar-refractivity contribution is 7.98. The lowest BCUT2D eigenvalue weighted by atomic mass is 10.5. The van der Waals surface area contributed by atoms with Crippen molar-refractivity contribution in [2.45, 2.75) is 25.2 Å². The molecular weight excluding hydrogens is 621 g/mol. The summed E-state index contributed by atoms with van der Waals surface area (Å²) >= 11 is 48.4. The van der Waals surface area contributed by atoms with E-state index in [-0.39, 0.29) is 12.0 Å². The Balaban J connectivity index is 3.54. The Morgan fingerprint density at radius 3 is 1.70 bits per heavy atom. The summed E-state index contributed by atoms with van der Waals surface area (Å²) in [6.07, 6.45) is 0. The van der Waals surface area contributed by atoms with Crippen LogP contribution in [0, 0.1) is 0 Å². The van der Waals surface area contributed by atoms with Crippen molar-refractivity contribution in [3.8, 4) is 0 Å². The molecule has 156 valence electrons. The van der Waals surface area contributed by atoms with Crippen LogP contribution in [0.2, 0.25) is 0 Å². The minimum atomic E-state index is -4.78. The van der Waals surface area contributed by atoms with Crippen molar-refractivity contribution in [2.75, 3.05) is 0 Å². The fourth-order valence-electron chi connectivity index (χ4n) is 1.14. The van der Waals surface area contributed by atoms with Crippen LogP contribution in [-0.4, -0.2) is 32.0 Å². The Kier molecular flexibility index (Phi) is 9.18. The highest BCUT2D eigenvalue weighted by atomic mass is 35.6. The van der Waals surface area contributed by atoms with E-state index in [4.69, 9.17) is 104 Å². The van der Waals surface area contributed by atoms with Crippen molar-refractivity contribution in [1.82, 2.24) is 4.98 Å². The van der Waals surface area contributed by atoms with Gasteiger partial charge in [-0.3, -0.25) is 0 Å². The first-order chi connectivity index (χ1) is 11.8. The lowest BCUT2D eigenvalue weighted by molar-refractivity contribution is -0.197. The number of halogens is 9. The smallest absolute Gasteiger partial charge is 0.227 e. The number of rotatable bonds is 5. The Morgan fingerprint density at radius 2 is 1.30 bits per heavy atom. The molecule has 0 saturated heterocycles. The maximum Gasteiger partial charge on any atom is 0.327 e. The fourth-order valence-corrected chi connectivity index (χ4v) is 5.12. The van der Waals surface area contributed by atoms with Crippen molar-refractivity contribution in [1.29, 1.82) is 0 Å². The number of nitrogens with zero attached hydrogens (tertiary/aromatic N) is 1. The second kappa shape index (κ2) is 9.20. The van der Waals surface area contributed by atoms with E-state index in [2.05, 4.69) is 14.2 Å². The van der Waals surface area contributed by atoms with Crippen molar-refractivity contribution in [2.24, 2.45) is 0 Å². The summed E-state index contributed by atoms with van der Waals surface area (Å²) in [5.74, 6) is 0. The van der Waals surface area contributed by atoms with Crippen LogP contribution >= 0.6 is 116 Å². The molecule has 27 heavy (non-hydrogen) atoms. The van der Waals surface area contributed by atoms with Crippen LogP contribution in [0.25, 0.3) is 0 Å². The molecule has 0 fully saturated rings. The van der Waals surface area contributed by atoms with E-state index in [1.807, 2.05) is 0 Å². The molecule has 1 rings (SSSR count). The van der Waals surface area contributed by atoms with Crippen molar-refractivity contribution in [3.63, 3.8) is 0 Å². The third kappa shape index (κ3) is 7.24. The van der Waals surface area contributed by atoms with Crippen LogP contribution < -0.4 is 0 Å². The molecule has 0 amide bonds. The molecule has 0 bridgehead atoms. The predicted molar refractivity (Wildman–Crippen MR) is 108 cm³/mol. The van der Waals surface area contributed by atoms with Gasteiger partial charge in [0.1, 0.15) is 5.03 Å². The van der Waals surface area contributed by atoms with Gasteiger partial charge in [0, 0.05) is 0 Å². The normalized spacial score (nSPS) is 14.4. The maximum atomic E-state index is 12.3. The molecule has 0 aliphatic rings. The third-order valence-corrected chi connectivity index (χ3v) is 9.39. The number of pyridine rings is 1. The summed E-state index contributed by atoms with van der Waals surface area (Å²) in [4.78, 5) is 7.06. The zero-order chi connectivity index (χ0) is 21.5. The molecule has 0 spiro atoms. The van der Waals surface area contributed by atoms with E-state index >= 15 is 0 Å². The summed E-state index contributed by atoms with van der Waals surface area (Å²) in [5, 5.41) is -1.44. The first kappa shape index (κ1) is 27.0. The topological polar surface area (TPSA) is 99.6 Å². The molecule has 0 aliphatic heterocycles. The Morgan fingerprint density at radius 1 is 0.815 bits per heavy atom. The summed E-state index contributed by atoms with van der Waals surface area (Å²) in [6.45, 7) is 0. The van der Waals surface area contributed by atoms with Crippen LogP contribution in [-0.2, 0) is 28.9 Å². The number of hydrogen-bond acceptors (Lipinski definition) is 8. The minimum absolute atomic E-state index is 0.155. The van der Waals surface area contributed by atoms with Crippen molar-refractivity contribution >= 4 is 136 Å². The molecule has 1 aromatic heterocycles. The van der Waals surface area contributed by atoms with Gasteiger partial charge in [-0.1, -0.05) is 104 Å². The third-order valence-electron chi connectivity index (χ3n) is 2.19. The average Bonchev–Trinajstić information content (AvgIpc) is 2.43. The molecule has 1 heterocycles. The molecule has 0 aromatic carbocycles. The number of hydrogen-bond donors (Lipinski definition) is 0. The predicted octanol–water partition coefficient (Wildman–Crippen LogP) is 5.57. The molecular formula is C8H2Cl9NO6S3. The summed E-state index contributed by atoms with van der Waals surface area (Å²) in [7, 11) is -9.48. The van der Waals surface area contributed by atoms with E-state index < -0.39 is 44.8 Å². The SMILES string of the molecule is O=S(=O)(c1cc(SOOC(Cl)(Cl)Cl)nc(S(=O)(=O)C(Cl)(Cl)Cl)c1)C(Cl)(Cl)Cl. The van der Waals surface area contributed by atoms with Gasteiger partial charge in [0.25, 0.3) is 6.25 Å². The largest absolute Gasteiger partial charge is 0.327 e. The lowest BCUT2D eigenvalue weighted by Gasteiger charge is -2.16. The monoisotopic (exact) mass is 619 g/mol. The quantitative estimate of drug-likeness (QED) is 0.182. The standard InChI is InChI=1S/C8H2Cl9NO6S3/c9-6(10,11)23-24-25-4-1-3(26(19,20)7(12,13)14)2-5(18-4)27(21,22)8(15,16)17/h1-2H.